The maximum absolute atomic E-state index is 5.47. The van der Waals surface area contributed by atoms with E-state index in [0.717, 1.165) is 6.16 Å². The second kappa shape index (κ2) is 5.50. The van der Waals surface area contributed by atoms with Crippen LogP contribution in [0.2, 0.25) is 0 Å². The Morgan fingerprint density at radius 2 is 1.25 bits per heavy atom. The van der Waals surface area contributed by atoms with Gasteiger partial charge in [0.15, 0.2) is 0 Å². The standard InChI is InChI=1S/C15H13P/c1-2-13-16(14-9-5-3-6-10-14)15-11-7-4-8-12-15/h1,3-12H,13H2. The molecule has 0 radical (unpaired) electrons. The Kier molecular flexibility index (Phi) is 3.76. The van der Waals surface area contributed by atoms with Crippen LogP contribution in [0.5, 0.6) is 0 Å². The topological polar surface area (TPSA) is 0 Å². The van der Waals surface area contributed by atoms with Crippen LogP contribution in [0.3, 0.4) is 0 Å². The van der Waals surface area contributed by atoms with Gasteiger partial charge in [-0.25, -0.2) is 0 Å². The third-order valence-electron chi connectivity index (χ3n) is 2.39. The molecule has 0 heterocycles. The van der Waals surface area contributed by atoms with Gasteiger partial charge in [0.25, 0.3) is 0 Å². The lowest BCUT2D eigenvalue weighted by Gasteiger charge is -2.15. The Morgan fingerprint density at radius 1 is 0.812 bits per heavy atom. The van der Waals surface area contributed by atoms with Crippen molar-refractivity contribution in [2.45, 2.75) is 0 Å². The van der Waals surface area contributed by atoms with Crippen molar-refractivity contribution in [1.29, 1.82) is 0 Å². The molecule has 0 nitrogen and oxygen atoms in total. The lowest BCUT2D eigenvalue weighted by Crippen LogP contribution is -2.12. The van der Waals surface area contributed by atoms with E-state index in [2.05, 4.69) is 54.5 Å². The monoisotopic (exact) mass is 224 g/mol. The molecule has 0 saturated carbocycles. The normalized spacial score (nSPS) is 10.0. The molecule has 0 saturated heterocycles. The summed E-state index contributed by atoms with van der Waals surface area (Å²) in [5.74, 6) is 2.79. The molecule has 0 aliphatic rings. The molecule has 2 aromatic carbocycles. The van der Waals surface area contributed by atoms with Crippen LogP contribution in [-0.4, -0.2) is 6.16 Å². The molecule has 0 aliphatic carbocycles. The number of rotatable bonds is 3. The summed E-state index contributed by atoms with van der Waals surface area (Å²) in [6, 6.07) is 21.0. The summed E-state index contributed by atoms with van der Waals surface area (Å²) in [6.07, 6.45) is 6.28. The Morgan fingerprint density at radius 3 is 1.62 bits per heavy atom. The Hall–Kier alpha value is -1.57. The van der Waals surface area contributed by atoms with Gasteiger partial charge in [0.2, 0.25) is 0 Å². The van der Waals surface area contributed by atoms with Gasteiger partial charge in [-0.3, -0.25) is 0 Å². The van der Waals surface area contributed by atoms with Crippen molar-refractivity contribution in [2.75, 3.05) is 6.16 Å². The summed E-state index contributed by atoms with van der Waals surface area (Å²) in [6.45, 7) is 0. The van der Waals surface area contributed by atoms with Gasteiger partial charge in [0, 0.05) is 6.16 Å². The molecular formula is C15H13P. The third kappa shape index (κ3) is 2.51. The minimum absolute atomic E-state index is 0.387. The van der Waals surface area contributed by atoms with Gasteiger partial charge in [0.1, 0.15) is 0 Å². The fourth-order valence-corrected chi connectivity index (χ4v) is 3.55. The molecule has 2 rings (SSSR count). The highest BCUT2D eigenvalue weighted by molar-refractivity contribution is 7.73. The summed E-state index contributed by atoms with van der Waals surface area (Å²) in [7, 11) is -0.387. The maximum Gasteiger partial charge on any atom is 0.0370 e. The fourth-order valence-electron chi connectivity index (χ4n) is 1.64. The molecule has 78 valence electrons. The molecule has 0 unspecified atom stereocenters. The van der Waals surface area contributed by atoms with Gasteiger partial charge in [-0.1, -0.05) is 60.7 Å². The van der Waals surface area contributed by atoms with Crippen molar-refractivity contribution in [3.8, 4) is 12.3 Å². The van der Waals surface area contributed by atoms with Gasteiger partial charge in [-0.2, -0.15) is 0 Å². The molecule has 0 aromatic heterocycles. The zero-order valence-electron chi connectivity index (χ0n) is 9.01. The van der Waals surface area contributed by atoms with Crippen LogP contribution >= 0.6 is 7.92 Å². The number of hydrogen-bond acceptors (Lipinski definition) is 0. The molecule has 0 N–H and O–H groups in total. The molecule has 0 fully saturated rings. The van der Waals surface area contributed by atoms with Crippen molar-refractivity contribution in [3.05, 3.63) is 60.7 Å². The zero-order chi connectivity index (χ0) is 11.2. The molecule has 0 spiro atoms. The van der Waals surface area contributed by atoms with E-state index in [4.69, 9.17) is 6.42 Å². The molecular weight excluding hydrogens is 211 g/mol. The average Bonchev–Trinajstić information content (AvgIpc) is 2.38. The van der Waals surface area contributed by atoms with Crippen LogP contribution in [0.1, 0.15) is 0 Å². The summed E-state index contributed by atoms with van der Waals surface area (Å²) in [5.41, 5.74) is 0. The zero-order valence-corrected chi connectivity index (χ0v) is 9.90. The lowest BCUT2D eigenvalue weighted by atomic mass is 10.4. The summed E-state index contributed by atoms with van der Waals surface area (Å²) < 4.78 is 0. The highest BCUT2D eigenvalue weighted by Gasteiger charge is 2.10. The highest BCUT2D eigenvalue weighted by Crippen LogP contribution is 2.32. The van der Waals surface area contributed by atoms with Crippen molar-refractivity contribution < 1.29 is 0 Å². The summed E-state index contributed by atoms with van der Waals surface area (Å²) >= 11 is 0. The lowest BCUT2D eigenvalue weighted by molar-refractivity contribution is 1.73. The van der Waals surface area contributed by atoms with Crippen LogP contribution in [0.15, 0.2) is 60.7 Å². The van der Waals surface area contributed by atoms with Crippen molar-refractivity contribution in [1.82, 2.24) is 0 Å². The quantitative estimate of drug-likeness (QED) is 0.555. The van der Waals surface area contributed by atoms with Crippen LogP contribution in [0.25, 0.3) is 0 Å². The minimum Gasteiger partial charge on any atom is -0.120 e. The molecule has 2 aromatic rings. The van der Waals surface area contributed by atoms with Gasteiger partial charge in [-0.05, 0) is 18.5 Å². The predicted octanol–water partition coefficient (Wildman–Crippen LogP) is 2.75. The van der Waals surface area contributed by atoms with Crippen LogP contribution in [0.4, 0.5) is 0 Å². The third-order valence-corrected chi connectivity index (χ3v) is 4.73. The second-order valence-electron chi connectivity index (χ2n) is 3.46. The van der Waals surface area contributed by atoms with E-state index < -0.39 is 0 Å². The van der Waals surface area contributed by atoms with Gasteiger partial charge < -0.3 is 0 Å². The van der Waals surface area contributed by atoms with E-state index in [1.54, 1.807) is 0 Å². The number of terminal acetylenes is 1. The Labute approximate surface area is 98.1 Å². The van der Waals surface area contributed by atoms with Crippen LogP contribution in [0, 0.1) is 12.3 Å². The van der Waals surface area contributed by atoms with E-state index >= 15 is 0 Å². The van der Waals surface area contributed by atoms with Gasteiger partial charge >= 0.3 is 0 Å². The molecule has 1 heteroatoms. The van der Waals surface area contributed by atoms with Crippen molar-refractivity contribution >= 4 is 18.5 Å². The molecule has 0 amide bonds. The molecule has 0 aliphatic heterocycles. The van der Waals surface area contributed by atoms with Crippen LogP contribution < -0.4 is 10.6 Å². The van der Waals surface area contributed by atoms with Gasteiger partial charge in [-0.15, -0.1) is 12.3 Å². The first-order chi connectivity index (χ1) is 7.92. The van der Waals surface area contributed by atoms with Crippen molar-refractivity contribution in [2.24, 2.45) is 0 Å². The second-order valence-corrected chi connectivity index (χ2v) is 5.67. The van der Waals surface area contributed by atoms with Gasteiger partial charge in [0.05, 0.1) is 0 Å². The van der Waals surface area contributed by atoms with E-state index in [1.165, 1.54) is 10.6 Å². The van der Waals surface area contributed by atoms with E-state index in [0.29, 0.717) is 0 Å². The highest BCUT2D eigenvalue weighted by atomic mass is 31.1. The largest absolute Gasteiger partial charge is 0.120 e. The summed E-state index contributed by atoms with van der Waals surface area (Å²) in [4.78, 5) is 0. The average molecular weight is 224 g/mol. The first-order valence-corrected chi connectivity index (χ1v) is 6.75. The summed E-state index contributed by atoms with van der Waals surface area (Å²) in [5, 5.41) is 2.70. The molecule has 16 heavy (non-hydrogen) atoms. The number of benzene rings is 2. The fraction of sp³-hybridized carbons (Fsp3) is 0.0667. The minimum atomic E-state index is -0.387. The Balaban J connectivity index is 2.36. The Bertz CT molecular complexity index is 428. The molecule has 0 atom stereocenters. The number of hydrogen-bond donors (Lipinski definition) is 0. The first-order valence-electron chi connectivity index (χ1n) is 5.23. The van der Waals surface area contributed by atoms with Crippen LogP contribution in [-0.2, 0) is 0 Å². The van der Waals surface area contributed by atoms with E-state index in [9.17, 15) is 0 Å². The molecule has 0 bridgehead atoms. The predicted molar refractivity (Wildman–Crippen MR) is 72.8 cm³/mol. The smallest absolute Gasteiger partial charge is 0.0370 e. The van der Waals surface area contributed by atoms with E-state index in [1.807, 2.05) is 12.1 Å². The first kappa shape index (κ1) is 10.9. The maximum atomic E-state index is 5.47. The SMILES string of the molecule is C#CCP(c1ccccc1)c1ccccc1. The van der Waals surface area contributed by atoms with E-state index in [-0.39, 0.29) is 7.92 Å². The van der Waals surface area contributed by atoms with Crippen molar-refractivity contribution in [3.63, 3.8) is 0 Å².